The zero-order valence-corrected chi connectivity index (χ0v) is 11.9. The molecule has 6 heteroatoms. The number of hydrogen-bond donors (Lipinski definition) is 0. The Bertz CT molecular complexity index is 548. The van der Waals surface area contributed by atoms with Crippen molar-refractivity contribution in [1.82, 2.24) is 15.0 Å². The third kappa shape index (κ3) is 2.59. The van der Waals surface area contributed by atoms with Gasteiger partial charge in [-0.2, -0.15) is 0 Å². The van der Waals surface area contributed by atoms with Gasteiger partial charge in [0.1, 0.15) is 18.4 Å². The Balaban J connectivity index is 1.63. The molecular weight excluding hydrogens is 254 g/mol. The molecule has 0 bridgehead atoms. The largest absolute Gasteiger partial charge is 0.432 e. The number of rotatable bonds is 3. The molecule has 1 fully saturated rings. The van der Waals surface area contributed by atoms with E-state index in [1.54, 1.807) is 18.8 Å². The van der Waals surface area contributed by atoms with Gasteiger partial charge in [-0.3, -0.25) is 0 Å². The van der Waals surface area contributed by atoms with Crippen LogP contribution >= 0.6 is 0 Å². The molecule has 1 aliphatic heterocycles. The van der Waals surface area contributed by atoms with Crippen LogP contribution in [0.5, 0.6) is 0 Å². The van der Waals surface area contributed by atoms with Crippen molar-refractivity contribution in [3.05, 3.63) is 30.5 Å². The van der Waals surface area contributed by atoms with Gasteiger partial charge in [-0.1, -0.05) is 0 Å². The van der Waals surface area contributed by atoms with Crippen LogP contribution in [0.25, 0.3) is 0 Å². The first-order valence-electron chi connectivity index (χ1n) is 6.90. The lowest BCUT2D eigenvalue weighted by molar-refractivity contribution is 0.445. The van der Waals surface area contributed by atoms with E-state index in [4.69, 9.17) is 4.42 Å². The lowest BCUT2D eigenvalue weighted by Crippen LogP contribution is -2.44. The molecule has 0 aromatic carbocycles. The van der Waals surface area contributed by atoms with E-state index in [-0.39, 0.29) is 0 Å². The monoisotopic (exact) mass is 273 g/mol. The zero-order valence-electron chi connectivity index (χ0n) is 11.9. The van der Waals surface area contributed by atoms with Crippen LogP contribution in [0.3, 0.4) is 0 Å². The quantitative estimate of drug-likeness (QED) is 0.851. The van der Waals surface area contributed by atoms with E-state index in [0.29, 0.717) is 6.04 Å². The molecule has 1 aliphatic rings. The van der Waals surface area contributed by atoms with Gasteiger partial charge in [-0.15, -0.1) is 0 Å². The summed E-state index contributed by atoms with van der Waals surface area (Å²) in [5.41, 5.74) is 0.999. The second-order valence-electron chi connectivity index (χ2n) is 5.16. The van der Waals surface area contributed by atoms with Gasteiger partial charge in [0.2, 0.25) is 0 Å². The molecule has 0 saturated carbocycles. The molecule has 0 atom stereocenters. The van der Waals surface area contributed by atoms with Crippen LogP contribution in [0.4, 0.5) is 11.8 Å². The predicted octanol–water partition coefficient (Wildman–Crippen LogP) is 1.88. The van der Waals surface area contributed by atoms with Crippen molar-refractivity contribution in [3.63, 3.8) is 0 Å². The number of piperidine rings is 1. The molecule has 0 spiro atoms. The maximum atomic E-state index is 5.35. The molecule has 0 aliphatic carbocycles. The van der Waals surface area contributed by atoms with Crippen LogP contribution in [0.15, 0.2) is 29.3 Å². The lowest BCUT2D eigenvalue weighted by atomic mass is 10.0. The topological polar surface area (TPSA) is 58.3 Å². The summed E-state index contributed by atoms with van der Waals surface area (Å²) in [4.78, 5) is 17.1. The van der Waals surface area contributed by atoms with Crippen LogP contribution in [0.1, 0.15) is 18.5 Å². The number of nitrogens with zero attached hydrogens (tertiary/aromatic N) is 5. The highest BCUT2D eigenvalue weighted by atomic mass is 16.4. The smallest absolute Gasteiger partial charge is 0.297 e. The second kappa shape index (κ2) is 5.48. The van der Waals surface area contributed by atoms with Crippen molar-refractivity contribution in [1.29, 1.82) is 0 Å². The van der Waals surface area contributed by atoms with Gasteiger partial charge < -0.3 is 14.2 Å². The average molecular weight is 273 g/mol. The summed E-state index contributed by atoms with van der Waals surface area (Å²) in [5.74, 6) is 0.993. The summed E-state index contributed by atoms with van der Waals surface area (Å²) in [6, 6.07) is 3.25. The number of aromatic nitrogens is 3. The van der Waals surface area contributed by atoms with Crippen molar-refractivity contribution >= 4 is 11.8 Å². The van der Waals surface area contributed by atoms with Gasteiger partial charge in [0.25, 0.3) is 6.01 Å². The first kappa shape index (κ1) is 12.9. The summed E-state index contributed by atoms with van der Waals surface area (Å²) in [7, 11) is 2.10. The molecule has 20 heavy (non-hydrogen) atoms. The van der Waals surface area contributed by atoms with Gasteiger partial charge in [-0.25, -0.2) is 15.0 Å². The summed E-state index contributed by atoms with van der Waals surface area (Å²) < 4.78 is 5.35. The molecule has 0 N–H and O–H groups in total. The summed E-state index contributed by atoms with van der Waals surface area (Å²) in [6.07, 6.45) is 7.08. The Morgan fingerprint density at radius 1 is 1.25 bits per heavy atom. The van der Waals surface area contributed by atoms with Gasteiger partial charge in [0, 0.05) is 37.9 Å². The van der Waals surface area contributed by atoms with Gasteiger partial charge >= 0.3 is 0 Å². The van der Waals surface area contributed by atoms with E-state index in [1.165, 1.54) is 0 Å². The molecule has 6 nitrogen and oxygen atoms in total. The molecule has 1 saturated heterocycles. The predicted molar refractivity (Wildman–Crippen MR) is 76.9 cm³/mol. The average Bonchev–Trinajstić information content (AvgIpc) is 3.01. The minimum Gasteiger partial charge on any atom is -0.432 e. The molecular formula is C14H19N5O. The van der Waals surface area contributed by atoms with E-state index < -0.39 is 0 Å². The fourth-order valence-corrected chi connectivity index (χ4v) is 2.64. The normalized spacial score (nSPS) is 16.4. The van der Waals surface area contributed by atoms with Gasteiger partial charge in [0.15, 0.2) is 0 Å². The first-order chi connectivity index (χ1) is 9.74. The maximum Gasteiger partial charge on any atom is 0.297 e. The fourth-order valence-electron chi connectivity index (χ4n) is 2.64. The van der Waals surface area contributed by atoms with Crippen LogP contribution < -0.4 is 9.80 Å². The minimum absolute atomic E-state index is 0.496. The van der Waals surface area contributed by atoms with Gasteiger partial charge in [0.05, 0.1) is 6.20 Å². The fraction of sp³-hybridized carbons (Fsp3) is 0.500. The highest BCUT2D eigenvalue weighted by molar-refractivity contribution is 5.39. The van der Waals surface area contributed by atoms with Crippen molar-refractivity contribution in [2.75, 3.05) is 29.9 Å². The summed E-state index contributed by atoms with van der Waals surface area (Å²) in [5, 5.41) is 0. The van der Waals surface area contributed by atoms with Crippen LogP contribution in [-0.4, -0.2) is 41.1 Å². The summed E-state index contributed by atoms with van der Waals surface area (Å²) in [6.45, 7) is 3.91. The molecule has 0 radical (unpaired) electrons. The van der Waals surface area contributed by atoms with E-state index in [1.807, 2.05) is 13.0 Å². The van der Waals surface area contributed by atoms with Crippen molar-refractivity contribution < 1.29 is 4.42 Å². The second-order valence-corrected chi connectivity index (χ2v) is 5.16. The maximum absolute atomic E-state index is 5.35. The third-order valence-corrected chi connectivity index (χ3v) is 3.85. The highest BCUT2D eigenvalue weighted by Gasteiger charge is 2.25. The number of aryl methyl sites for hydroxylation is 1. The molecule has 2 aromatic heterocycles. The first-order valence-corrected chi connectivity index (χ1v) is 6.90. The molecule has 106 valence electrons. The van der Waals surface area contributed by atoms with Crippen molar-refractivity contribution in [2.24, 2.45) is 0 Å². The Morgan fingerprint density at radius 3 is 2.70 bits per heavy atom. The zero-order chi connectivity index (χ0) is 13.9. The van der Waals surface area contributed by atoms with Crippen molar-refractivity contribution in [3.8, 4) is 0 Å². The number of anilines is 2. The molecule has 0 amide bonds. The van der Waals surface area contributed by atoms with Crippen LogP contribution in [-0.2, 0) is 0 Å². The molecule has 0 unspecified atom stereocenters. The van der Waals surface area contributed by atoms with Crippen LogP contribution in [0, 0.1) is 6.92 Å². The molecule has 3 rings (SSSR count). The lowest BCUT2D eigenvalue weighted by Gasteiger charge is -2.36. The van der Waals surface area contributed by atoms with E-state index in [9.17, 15) is 0 Å². The van der Waals surface area contributed by atoms with Crippen LogP contribution in [0.2, 0.25) is 0 Å². The summed E-state index contributed by atoms with van der Waals surface area (Å²) >= 11 is 0. The number of hydrogen-bond acceptors (Lipinski definition) is 6. The standard InChI is InChI=1S/C14H19N5O/c1-11-9-13(17-10-16-11)18(2)12-3-6-19(7-4-12)14-15-5-8-20-14/h5,8-10,12H,3-4,6-7H2,1-2H3. The van der Waals surface area contributed by atoms with E-state index in [0.717, 1.165) is 43.5 Å². The SMILES string of the molecule is Cc1cc(N(C)C2CCN(c3ncco3)CC2)ncn1. The molecule has 2 aromatic rings. The highest BCUT2D eigenvalue weighted by Crippen LogP contribution is 2.23. The Kier molecular flexibility index (Phi) is 3.54. The Morgan fingerprint density at radius 2 is 2.05 bits per heavy atom. The molecule has 3 heterocycles. The Hall–Kier alpha value is -2.11. The number of oxazole rings is 1. The third-order valence-electron chi connectivity index (χ3n) is 3.85. The van der Waals surface area contributed by atoms with Crippen molar-refractivity contribution in [2.45, 2.75) is 25.8 Å². The Labute approximate surface area is 118 Å². The minimum atomic E-state index is 0.496. The van der Waals surface area contributed by atoms with E-state index >= 15 is 0 Å². The van der Waals surface area contributed by atoms with E-state index in [2.05, 4.69) is 31.8 Å². The van der Waals surface area contributed by atoms with Gasteiger partial charge in [-0.05, 0) is 19.8 Å².